The zero-order valence-corrected chi connectivity index (χ0v) is 20.3. The van der Waals surface area contributed by atoms with E-state index in [-0.39, 0.29) is 11.6 Å². The van der Waals surface area contributed by atoms with Gasteiger partial charge in [-0.3, -0.25) is 0 Å². The molecule has 0 fully saturated rings. The highest BCUT2D eigenvalue weighted by Crippen LogP contribution is 2.22. The van der Waals surface area contributed by atoms with Crippen molar-refractivity contribution in [3.8, 4) is 0 Å². The Morgan fingerprint density at radius 2 is 2.00 bits per heavy atom. The van der Waals surface area contributed by atoms with Gasteiger partial charge in [0.15, 0.2) is 0 Å². The number of aromatic nitrogens is 1. The quantitative estimate of drug-likeness (QED) is 0.374. The zero-order chi connectivity index (χ0) is 25.0. The highest BCUT2D eigenvalue weighted by molar-refractivity contribution is 5.93. The molecule has 6 N–H and O–H groups in total. The molecule has 178 valence electrons. The molecule has 0 saturated carbocycles. The summed E-state index contributed by atoms with van der Waals surface area (Å²) in [5.41, 5.74) is 16.7. The normalized spacial score (nSPS) is 15.2. The molecule has 0 bridgehead atoms. The SMILES string of the molecule is C=C(C)/C(=C\C=C/C)C(C)Nc1ncc(C)cc1C(=O)O.C=C(N)/C=C(\N)C1=CCCCC1. The number of nitrogens with two attached hydrogens (primary N) is 2. The van der Waals surface area contributed by atoms with Crippen LogP contribution in [-0.4, -0.2) is 22.1 Å². The molecule has 2 rings (SSSR count). The summed E-state index contributed by atoms with van der Waals surface area (Å²) >= 11 is 0. The molecule has 33 heavy (non-hydrogen) atoms. The number of hydrogen-bond acceptors (Lipinski definition) is 5. The van der Waals surface area contributed by atoms with Gasteiger partial charge in [-0.2, -0.15) is 0 Å². The van der Waals surface area contributed by atoms with Gasteiger partial charge in [0.05, 0.1) is 6.04 Å². The highest BCUT2D eigenvalue weighted by atomic mass is 16.4. The smallest absolute Gasteiger partial charge is 0.339 e. The first-order valence-electron chi connectivity index (χ1n) is 11.1. The second-order valence-corrected chi connectivity index (χ2v) is 8.16. The lowest BCUT2D eigenvalue weighted by molar-refractivity contribution is 0.0697. The number of nitrogens with zero attached hydrogens (tertiary/aromatic N) is 1. The van der Waals surface area contributed by atoms with Crippen molar-refractivity contribution >= 4 is 11.8 Å². The van der Waals surface area contributed by atoms with Gasteiger partial charge in [-0.25, -0.2) is 9.78 Å². The zero-order valence-electron chi connectivity index (χ0n) is 20.3. The number of anilines is 1. The van der Waals surface area contributed by atoms with Gasteiger partial charge >= 0.3 is 5.97 Å². The molecule has 1 aliphatic carbocycles. The minimum Gasteiger partial charge on any atom is -0.478 e. The largest absolute Gasteiger partial charge is 0.478 e. The first kappa shape index (κ1) is 27.5. The minimum atomic E-state index is -0.991. The second-order valence-electron chi connectivity index (χ2n) is 8.16. The topological polar surface area (TPSA) is 114 Å². The Bertz CT molecular complexity index is 984. The molecule has 0 aromatic carbocycles. The third-order valence-corrected chi connectivity index (χ3v) is 5.04. The van der Waals surface area contributed by atoms with Crippen LogP contribution in [0.4, 0.5) is 5.82 Å². The summed E-state index contributed by atoms with van der Waals surface area (Å²) in [5, 5.41) is 12.4. The van der Waals surface area contributed by atoms with Crippen LogP contribution in [0.25, 0.3) is 0 Å². The number of pyridine rings is 1. The van der Waals surface area contributed by atoms with Crippen LogP contribution in [-0.2, 0) is 0 Å². The van der Waals surface area contributed by atoms with Crippen molar-refractivity contribution in [3.05, 3.63) is 95.0 Å². The van der Waals surface area contributed by atoms with E-state index in [4.69, 9.17) is 11.5 Å². The Labute approximate surface area is 198 Å². The molecule has 0 aliphatic heterocycles. The van der Waals surface area contributed by atoms with Gasteiger partial charge in [0.1, 0.15) is 11.4 Å². The fraction of sp³-hybridized carbons (Fsp3) is 0.333. The lowest BCUT2D eigenvalue weighted by atomic mass is 9.97. The van der Waals surface area contributed by atoms with Crippen molar-refractivity contribution in [1.29, 1.82) is 0 Å². The van der Waals surface area contributed by atoms with Gasteiger partial charge in [-0.05, 0) is 82.2 Å². The summed E-state index contributed by atoms with van der Waals surface area (Å²) in [6, 6.07) is 1.52. The van der Waals surface area contributed by atoms with Crippen LogP contribution in [0.2, 0.25) is 0 Å². The first-order chi connectivity index (χ1) is 15.6. The predicted octanol–water partition coefficient (Wildman–Crippen LogP) is 5.77. The molecule has 0 saturated heterocycles. The maximum atomic E-state index is 11.3. The maximum Gasteiger partial charge on any atom is 0.339 e. The average molecular weight is 451 g/mol. The van der Waals surface area contributed by atoms with E-state index >= 15 is 0 Å². The standard InChI is InChI=1S/C17H22N2O2.C10H16N2/c1-6-7-8-14(11(2)3)13(5)19-16-15(17(20)21)9-12(4)10-18-16;1-8(11)7-10(12)9-5-3-2-4-6-9/h6-10,13H,2H2,1,3-5H3,(H,18,19)(H,20,21);5,7H,1-4,6,11-12H2/b7-6-,14-8+;10-7-. The summed E-state index contributed by atoms with van der Waals surface area (Å²) < 4.78 is 0. The Morgan fingerprint density at radius 1 is 1.30 bits per heavy atom. The van der Waals surface area contributed by atoms with Crippen LogP contribution in [0.15, 0.2) is 83.9 Å². The van der Waals surface area contributed by atoms with Crippen molar-refractivity contribution < 1.29 is 9.90 Å². The number of hydrogen-bond donors (Lipinski definition) is 4. The molecule has 1 aromatic rings. The average Bonchev–Trinajstić information content (AvgIpc) is 2.75. The van der Waals surface area contributed by atoms with E-state index in [9.17, 15) is 9.90 Å². The summed E-state index contributed by atoms with van der Waals surface area (Å²) in [7, 11) is 0. The third-order valence-electron chi connectivity index (χ3n) is 5.04. The Kier molecular flexibility index (Phi) is 11.5. The third kappa shape index (κ3) is 9.64. The summed E-state index contributed by atoms with van der Waals surface area (Å²) in [4.78, 5) is 15.5. The van der Waals surface area contributed by atoms with E-state index in [2.05, 4.69) is 29.5 Å². The molecule has 1 unspecified atom stereocenters. The van der Waals surface area contributed by atoms with Crippen LogP contribution >= 0.6 is 0 Å². The number of rotatable bonds is 8. The van der Waals surface area contributed by atoms with Gasteiger partial charge < -0.3 is 21.9 Å². The van der Waals surface area contributed by atoms with Crippen LogP contribution in [0.3, 0.4) is 0 Å². The van der Waals surface area contributed by atoms with Crippen LogP contribution in [0.5, 0.6) is 0 Å². The fourth-order valence-corrected chi connectivity index (χ4v) is 3.38. The van der Waals surface area contributed by atoms with Gasteiger partial charge in [0.25, 0.3) is 0 Å². The number of allylic oxidation sites excluding steroid dienone is 6. The van der Waals surface area contributed by atoms with Crippen molar-refractivity contribution in [2.45, 2.75) is 59.4 Å². The van der Waals surface area contributed by atoms with Gasteiger partial charge in [0.2, 0.25) is 0 Å². The van der Waals surface area contributed by atoms with Crippen LogP contribution < -0.4 is 16.8 Å². The number of carboxylic acid groups (broad SMARTS) is 1. The number of carboxylic acids is 1. The molecule has 1 aliphatic rings. The van der Waals surface area contributed by atoms with Gasteiger partial charge in [-0.1, -0.05) is 43.0 Å². The van der Waals surface area contributed by atoms with Crippen LogP contribution in [0.1, 0.15) is 62.4 Å². The van der Waals surface area contributed by atoms with E-state index in [1.165, 1.54) is 18.4 Å². The number of aromatic carboxylic acids is 1. The van der Waals surface area contributed by atoms with E-state index in [0.717, 1.165) is 35.2 Å². The molecule has 0 spiro atoms. The fourth-order valence-electron chi connectivity index (χ4n) is 3.38. The molecular formula is C27H38N4O2. The van der Waals surface area contributed by atoms with E-state index < -0.39 is 5.97 Å². The Hall–Kier alpha value is -3.54. The lowest BCUT2D eigenvalue weighted by Gasteiger charge is -2.19. The molecule has 1 heterocycles. The summed E-state index contributed by atoms with van der Waals surface area (Å²) in [6.45, 7) is 15.2. The maximum absolute atomic E-state index is 11.3. The molecule has 0 radical (unpaired) electrons. The van der Waals surface area contributed by atoms with Crippen molar-refractivity contribution in [3.63, 3.8) is 0 Å². The number of carbonyl (C=O) groups is 1. The summed E-state index contributed by atoms with van der Waals surface area (Å²) in [5.74, 6) is -0.622. The van der Waals surface area contributed by atoms with Crippen LogP contribution in [0, 0.1) is 6.92 Å². The predicted molar refractivity (Wildman–Crippen MR) is 139 cm³/mol. The number of nitrogens with one attached hydrogen (secondary N) is 1. The van der Waals surface area contributed by atoms with Gasteiger partial charge in [0, 0.05) is 17.6 Å². The van der Waals surface area contributed by atoms with Crippen molar-refractivity contribution in [2.75, 3.05) is 5.32 Å². The molecule has 6 nitrogen and oxygen atoms in total. The first-order valence-corrected chi connectivity index (χ1v) is 11.1. The van der Waals surface area contributed by atoms with E-state index in [0.29, 0.717) is 11.5 Å². The Morgan fingerprint density at radius 3 is 2.52 bits per heavy atom. The monoisotopic (exact) mass is 450 g/mol. The molecular weight excluding hydrogens is 412 g/mol. The van der Waals surface area contributed by atoms with Crippen molar-refractivity contribution in [1.82, 2.24) is 4.98 Å². The minimum absolute atomic E-state index is 0.0907. The highest BCUT2D eigenvalue weighted by Gasteiger charge is 2.16. The Balaban J connectivity index is 0.000000383. The lowest BCUT2D eigenvalue weighted by Crippen LogP contribution is -2.21. The van der Waals surface area contributed by atoms with E-state index in [1.807, 2.05) is 45.9 Å². The van der Waals surface area contributed by atoms with E-state index in [1.54, 1.807) is 18.3 Å². The van der Waals surface area contributed by atoms with Gasteiger partial charge in [-0.15, -0.1) is 0 Å². The summed E-state index contributed by atoms with van der Waals surface area (Å²) in [6.07, 6.45) is 16.1. The second kappa shape index (κ2) is 13.8. The molecule has 6 heteroatoms. The molecule has 0 amide bonds. The number of aryl methyl sites for hydroxylation is 1. The molecule has 1 aromatic heterocycles. The molecule has 1 atom stereocenters. The van der Waals surface area contributed by atoms with Crippen molar-refractivity contribution in [2.24, 2.45) is 11.5 Å².